The monoisotopic (exact) mass is 834 g/mol. The van der Waals surface area contributed by atoms with Gasteiger partial charge in [-0.2, -0.15) is 0 Å². The zero-order valence-electron chi connectivity index (χ0n) is 34.1. The molecule has 22 heteroatoms. The zero-order valence-corrected chi connectivity index (χ0v) is 35.0. The molecule has 1 heterocycles. The lowest BCUT2D eigenvalue weighted by atomic mass is 10.0. The lowest BCUT2D eigenvalue weighted by molar-refractivity contribution is -0.143. The van der Waals surface area contributed by atoms with E-state index in [1.165, 1.54) is 17.4 Å². The van der Waals surface area contributed by atoms with Crippen LogP contribution in [-0.2, 0) is 56.1 Å². The molecule has 0 saturated heterocycles. The summed E-state index contributed by atoms with van der Waals surface area (Å²) in [6.45, 7) is 11.0. The number of rotatable bonds is 27. The van der Waals surface area contributed by atoms with Crippen LogP contribution >= 0.6 is 7.82 Å². The standard InChI is InChI=1S/C35H63N8O13P/c1-9-10-13-43(28(46)11-15-55-35(6,7)12-14-44)22(4)31(48)38-25(16-21(2)3)32(49)39-26(17-24-18-37-20-42(24)8)33(50)40-27(19-45)34(51)41-29(30(36)47)23(5)56-57(52,53)54/h18,20-23,25-27,29,44-45H,9-17,19H2,1-8H3,(H2,36,47)(H,38,48)(H,39,49)(H,40,50)(H,41,51)(H2,52,53,54)/t22-,23?,25-,26-,27-,29-/m0/s1. The van der Waals surface area contributed by atoms with Gasteiger partial charge in [-0.05, 0) is 52.9 Å². The molecule has 0 aliphatic carbocycles. The van der Waals surface area contributed by atoms with Crippen molar-refractivity contribution in [3.8, 4) is 0 Å². The van der Waals surface area contributed by atoms with Crippen molar-refractivity contribution in [2.45, 2.75) is 129 Å². The van der Waals surface area contributed by atoms with Crippen LogP contribution in [0.25, 0.3) is 0 Å². The number of aliphatic hydroxyl groups is 2. The second-order valence-corrected chi connectivity index (χ2v) is 16.0. The molecule has 0 aliphatic rings. The summed E-state index contributed by atoms with van der Waals surface area (Å²) in [6, 6.07) is -7.11. The van der Waals surface area contributed by atoms with E-state index in [-0.39, 0.29) is 50.8 Å². The third-order valence-electron chi connectivity index (χ3n) is 8.94. The lowest BCUT2D eigenvalue weighted by Crippen LogP contribution is -2.61. The minimum atomic E-state index is -5.11. The molecule has 6 atom stereocenters. The second-order valence-electron chi connectivity index (χ2n) is 14.8. The van der Waals surface area contributed by atoms with Crippen molar-refractivity contribution in [1.29, 1.82) is 0 Å². The Labute approximate surface area is 333 Å². The molecule has 1 rings (SSSR count). The second kappa shape index (κ2) is 24.1. The normalized spacial score (nSPS) is 15.1. The van der Waals surface area contributed by atoms with Gasteiger partial charge in [0, 0.05) is 38.5 Å². The Kier molecular flexibility index (Phi) is 21.5. The maximum atomic E-state index is 13.9. The van der Waals surface area contributed by atoms with E-state index < -0.39 is 85.9 Å². The number of hydrogen-bond donors (Lipinski definition) is 9. The molecule has 0 aromatic carbocycles. The summed E-state index contributed by atoms with van der Waals surface area (Å²) in [5, 5.41) is 29.1. The third-order valence-corrected chi connectivity index (χ3v) is 9.55. The van der Waals surface area contributed by atoms with Crippen LogP contribution in [-0.4, -0.2) is 138 Å². The molecule has 1 aromatic rings. The minimum absolute atomic E-state index is 0.0207. The fraction of sp³-hybridized carbons (Fsp3) is 0.743. The molecule has 0 bridgehead atoms. The average molecular weight is 835 g/mol. The number of phosphoric acid groups is 1. The van der Waals surface area contributed by atoms with E-state index in [4.69, 9.17) is 20.3 Å². The molecular weight excluding hydrogens is 771 g/mol. The van der Waals surface area contributed by atoms with Crippen LogP contribution in [0.3, 0.4) is 0 Å². The van der Waals surface area contributed by atoms with Crippen molar-refractivity contribution in [1.82, 2.24) is 35.7 Å². The maximum Gasteiger partial charge on any atom is 0.469 e. The summed E-state index contributed by atoms with van der Waals surface area (Å²) >= 11 is 0. The van der Waals surface area contributed by atoms with Gasteiger partial charge in [-0.3, -0.25) is 33.3 Å². The highest BCUT2D eigenvalue weighted by molar-refractivity contribution is 7.46. The van der Waals surface area contributed by atoms with Crippen LogP contribution in [0.4, 0.5) is 0 Å². The van der Waals surface area contributed by atoms with E-state index >= 15 is 0 Å². The first kappa shape index (κ1) is 51.0. The first-order chi connectivity index (χ1) is 26.5. The molecular formula is C35H63N8O13P. The summed E-state index contributed by atoms with van der Waals surface area (Å²) in [5.74, 6) is -5.20. The fourth-order valence-corrected chi connectivity index (χ4v) is 6.14. The number of ether oxygens (including phenoxy) is 1. The number of nitrogens with two attached hydrogens (primary N) is 1. The fourth-order valence-electron chi connectivity index (χ4n) is 5.59. The van der Waals surface area contributed by atoms with E-state index in [1.807, 2.05) is 20.8 Å². The SMILES string of the molecule is CCCCN(C(=O)CCOC(C)(C)CCO)[C@@H](C)C(=O)N[C@@H](CC(C)C)C(=O)N[C@@H](Cc1cncn1C)C(=O)N[C@@H](CO)C(=O)N[C@H](C(N)=O)C(C)OP(=O)(O)O. The Bertz CT molecular complexity index is 1540. The van der Waals surface area contributed by atoms with Gasteiger partial charge < -0.3 is 61.2 Å². The number of unbranched alkanes of at least 4 members (excludes halogenated alkanes) is 1. The number of primary amides is 1. The number of aliphatic hydroxyl groups excluding tert-OH is 2. The van der Waals surface area contributed by atoms with E-state index in [0.29, 0.717) is 18.5 Å². The van der Waals surface area contributed by atoms with Gasteiger partial charge in [0.15, 0.2) is 0 Å². The molecule has 1 unspecified atom stereocenters. The van der Waals surface area contributed by atoms with Crippen molar-refractivity contribution in [2.75, 3.05) is 26.4 Å². The first-order valence-corrected chi connectivity index (χ1v) is 20.3. The number of phosphoric ester groups is 1. The van der Waals surface area contributed by atoms with Crippen LogP contribution in [0.2, 0.25) is 0 Å². The van der Waals surface area contributed by atoms with Gasteiger partial charge in [-0.25, -0.2) is 9.55 Å². The van der Waals surface area contributed by atoms with Gasteiger partial charge in [0.05, 0.1) is 37.7 Å². The van der Waals surface area contributed by atoms with Crippen molar-refractivity contribution >= 4 is 43.3 Å². The molecule has 0 saturated carbocycles. The molecule has 6 amide bonds. The van der Waals surface area contributed by atoms with E-state index in [0.717, 1.165) is 13.3 Å². The zero-order chi connectivity index (χ0) is 43.7. The van der Waals surface area contributed by atoms with Gasteiger partial charge >= 0.3 is 7.82 Å². The van der Waals surface area contributed by atoms with E-state index in [1.54, 1.807) is 32.4 Å². The molecule has 57 heavy (non-hydrogen) atoms. The summed E-state index contributed by atoms with van der Waals surface area (Å²) in [6.07, 6.45) is 2.95. The summed E-state index contributed by atoms with van der Waals surface area (Å²) in [7, 11) is -3.47. The Balaban J connectivity index is 3.30. The molecule has 0 spiro atoms. The number of aryl methyl sites for hydroxylation is 1. The molecule has 326 valence electrons. The summed E-state index contributed by atoms with van der Waals surface area (Å²) < 4.78 is 23.1. The van der Waals surface area contributed by atoms with Crippen molar-refractivity contribution in [3.63, 3.8) is 0 Å². The Hall–Kier alpha value is -3.98. The van der Waals surface area contributed by atoms with Crippen molar-refractivity contribution in [3.05, 3.63) is 18.2 Å². The molecule has 21 nitrogen and oxygen atoms in total. The number of carbonyl (C=O) groups is 6. The average Bonchev–Trinajstić information content (AvgIpc) is 3.50. The topological polar surface area (TPSA) is 314 Å². The summed E-state index contributed by atoms with van der Waals surface area (Å²) in [4.78, 5) is 104. The van der Waals surface area contributed by atoms with Crippen LogP contribution in [0.15, 0.2) is 12.5 Å². The quantitative estimate of drug-likeness (QED) is 0.0457. The number of nitrogens with zero attached hydrogens (tertiary/aromatic N) is 3. The first-order valence-electron chi connectivity index (χ1n) is 18.8. The Morgan fingerprint density at radius 3 is 2.04 bits per heavy atom. The molecule has 0 radical (unpaired) electrons. The number of carbonyl (C=O) groups excluding carboxylic acids is 6. The number of nitrogens with one attached hydrogen (secondary N) is 4. The Morgan fingerprint density at radius 1 is 0.947 bits per heavy atom. The molecule has 1 aromatic heterocycles. The van der Waals surface area contributed by atoms with Gasteiger partial charge in [0.1, 0.15) is 30.2 Å². The van der Waals surface area contributed by atoms with Gasteiger partial charge in [-0.15, -0.1) is 0 Å². The van der Waals surface area contributed by atoms with Crippen molar-refractivity contribution in [2.24, 2.45) is 18.7 Å². The molecule has 0 fully saturated rings. The van der Waals surface area contributed by atoms with Crippen LogP contribution < -0.4 is 27.0 Å². The maximum absolute atomic E-state index is 13.9. The van der Waals surface area contributed by atoms with Crippen LogP contribution in [0, 0.1) is 5.92 Å². The van der Waals surface area contributed by atoms with Gasteiger partial charge in [-0.1, -0.05) is 27.2 Å². The molecule has 10 N–H and O–H groups in total. The number of aromatic nitrogens is 2. The molecule has 0 aliphatic heterocycles. The van der Waals surface area contributed by atoms with Gasteiger partial charge in [0.2, 0.25) is 35.4 Å². The number of hydrogen-bond acceptors (Lipinski definition) is 12. The predicted molar refractivity (Wildman–Crippen MR) is 205 cm³/mol. The highest BCUT2D eigenvalue weighted by Crippen LogP contribution is 2.38. The summed E-state index contributed by atoms with van der Waals surface area (Å²) in [5.41, 5.74) is 5.12. The van der Waals surface area contributed by atoms with Crippen LogP contribution in [0.1, 0.15) is 86.3 Å². The lowest BCUT2D eigenvalue weighted by Gasteiger charge is -2.31. The van der Waals surface area contributed by atoms with E-state index in [9.17, 15) is 43.5 Å². The van der Waals surface area contributed by atoms with Crippen LogP contribution in [0.5, 0.6) is 0 Å². The smallest absolute Gasteiger partial charge is 0.396 e. The largest absolute Gasteiger partial charge is 0.469 e. The van der Waals surface area contributed by atoms with Gasteiger partial charge in [0.25, 0.3) is 0 Å². The van der Waals surface area contributed by atoms with E-state index in [2.05, 4.69) is 30.8 Å². The highest BCUT2D eigenvalue weighted by atomic mass is 31.2. The predicted octanol–water partition coefficient (Wildman–Crippen LogP) is -1.49. The number of imidazole rings is 1. The minimum Gasteiger partial charge on any atom is -0.396 e. The number of amides is 6. The highest BCUT2D eigenvalue weighted by Gasteiger charge is 2.36. The Morgan fingerprint density at radius 2 is 1.53 bits per heavy atom. The van der Waals surface area contributed by atoms with Crippen molar-refractivity contribution < 1.29 is 62.6 Å². The third kappa shape index (κ3) is 18.4.